The van der Waals surface area contributed by atoms with Crippen LogP contribution in [0.3, 0.4) is 0 Å². The molecular weight excluding hydrogens is 292 g/mol. The molecule has 0 spiro atoms. The monoisotopic (exact) mass is 302 g/mol. The standard InChI is InChI=1S/C13H11BrN4/c1-16-11-5-12(8-17-7-11)18-13-3-2-10(14)4-9(13)6-15/h2-5,7-8,16,18H,1H3. The fraction of sp³-hybridized carbons (Fsp3) is 0.0769. The maximum atomic E-state index is 9.08. The minimum Gasteiger partial charge on any atom is -0.387 e. The maximum Gasteiger partial charge on any atom is 0.101 e. The number of aromatic nitrogens is 1. The van der Waals surface area contributed by atoms with Gasteiger partial charge in [0.1, 0.15) is 6.07 Å². The largest absolute Gasteiger partial charge is 0.387 e. The topological polar surface area (TPSA) is 60.7 Å². The average Bonchev–Trinajstić information content (AvgIpc) is 2.41. The summed E-state index contributed by atoms with van der Waals surface area (Å²) in [5, 5.41) is 15.3. The molecule has 0 saturated carbocycles. The Hall–Kier alpha value is -2.06. The average molecular weight is 303 g/mol. The van der Waals surface area contributed by atoms with Gasteiger partial charge < -0.3 is 10.6 Å². The van der Waals surface area contributed by atoms with Crippen molar-refractivity contribution in [2.75, 3.05) is 17.7 Å². The van der Waals surface area contributed by atoms with E-state index in [0.717, 1.165) is 21.5 Å². The SMILES string of the molecule is CNc1cncc(Nc2ccc(Br)cc2C#N)c1. The van der Waals surface area contributed by atoms with Crippen LogP contribution in [-0.4, -0.2) is 12.0 Å². The normalized spacial score (nSPS) is 9.61. The molecule has 2 rings (SSSR count). The van der Waals surface area contributed by atoms with E-state index >= 15 is 0 Å². The van der Waals surface area contributed by atoms with E-state index in [9.17, 15) is 0 Å². The van der Waals surface area contributed by atoms with Gasteiger partial charge in [-0.05, 0) is 24.3 Å². The summed E-state index contributed by atoms with van der Waals surface area (Å²) >= 11 is 3.34. The predicted molar refractivity (Wildman–Crippen MR) is 75.9 cm³/mol. The van der Waals surface area contributed by atoms with Gasteiger partial charge in [0.05, 0.1) is 35.0 Å². The van der Waals surface area contributed by atoms with Gasteiger partial charge in [0.15, 0.2) is 0 Å². The summed E-state index contributed by atoms with van der Waals surface area (Å²) < 4.78 is 0.881. The summed E-state index contributed by atoms with van der Waals surface area (Å²) in [6, 6.07) is 9.60. The number of hydrogen-bond acceptors (Lipinski definition) is 4. The summed E-state index contributed by atoms with van der Waals surface area (Å²) in [4.78, 5) is 4.11. The smallest absolute Gasteiger partial charge is 0.101 e. The molecule has 1 heterocycles. The molecule has 0 aliphatic rings. The van der Waals surface area contributed by atoms with Crippen molar-refractivity contribution in [1.29, 1.82) is 5.26 Å². The molecule has 0 aliphatic carbocycles. The molecule has 1 aromatic carbocycles. The highest BCUT2D eigenvalue weighted by molar-refractivity contribution is 9.10. The predicted octanol–water partition coefficient (Wildman–Crippen LogP) is 3.50. The Morgan fingerprint density at radius 2 is 2.00 bits per heavy atom. The number of nitrogens with one attached hydrogen (secondary N) is 2. The fourth-order valence-electron chi connectivity index (χ4n) is 1.52. The van der Waals surface area contributed by atoms with Crippen molar-refractivity contribution < 1.29 is 0 Å². The first-order valence-corrected chi connectivity index (χ1v) is 6.11. The van der Waals surface area contributed by atoms with Crippen LogP contribution in [-0.2, 0) is 0 Å². The van der Waals surface area contributed by atoms with E-state index in [0.29, 0.717) is 5.56 Å². The van der Waals surface area contributed by atoms with Crippen LogP contribution in [0, 0.1) is 11.3 Å². The van der Waals surface area contributed by atoms with Crippen molar-refractivity contribution in [2.24, 2.45) is 0 Å². The Morgan fingerprint density at radius 3 is 2.72 bits per heavy atom. The summed E-state index contributed by atoms with van der Waals surface area (Å²) in [7, 11) is 1.83. The zero-order chi connectivity index (χ0) is 13.0. The van der Waals surface area contributed by atoms with Crippen molar-refractivity contribution in [3.63, 3.8) is 0 Å². The number of halogens is 1. The lowest BCUT2D eigenvalue weighted by molar-refractivity contribution is 1.30. The molecule has 0 aliphatic heterocycles. The van der Waals surface area contributed by atoms with Gasteiger partial charge in [-0.2, -0.15) is 5.26 Å². The zero-order valence-electron chi connectivity index (χ0n) is 9.74. The Bertz CT molecular complexity index is 604. The van der Waals surface area contributed by atoms with Crippen molar-refractivity contribution in [3.8, 4) is 6.07 Å². The van der Waals surface area contributed by atoms with Crippen LogP contribution in [0.15, 0.2) is 41.1 Å². The molecule has 0 bridgehead atoms. The molecule has 0 fully saturated rings. The van der Waals surface area contributed by atoms with Crippen LogP contribution in [0.5, 0.6) is 0 Å². The molecule has 18 heavy (non-hydrogen) atoms. The number of pyridine rings is 1. The first-order valence-electron chi connectivity index (χ1n) is 5.32. The number of nitriles is 1. The van der Waals surface area contributed by atoms with E-state index in [1.54, 1.807) is 18.5 Å². The molecule has 0 amide bonds. The van der Waals surface area contributed by atoms with Gasteiger partial charge >= 0.3 is 0 Å². The van der Waals surface area contributed by atoms with E-state index in [4.69, 9.17) is 5.26 Å². The fourth-order valence-corrected chi connectivity index (χ4v) is 1.88. The Labute approximate surface area is 114 Å². The second-order valence-corrected chi connectivity index (χ2v) is 4.55. The van der Waals surface area contributed by atoms with Crippen molar-refractivity contribution >= 4 is 33.0 Å². The number of anilines is 3. The molecular formula is C13H11BrN4. The second kappa shape index (κ2) is 5.52. The van der Waals surface area contributed by atoms with Crippen LogP contribution in [0.4, 0.5) is 17.1 Å². The third kappa shape index (κ3) is 2.79. The lowest BCUT2D eigenvalue weighted by Gasteiger charge is -2.09. The van der Waals surface area contributed by atoms with Crippen LogP contribution < -0.4 is 10.6 Å². The summed E-state index contributed by atoms with van der Waals surface area (Å²) in [6.45, 7) is 0. The zero-order valence-corrected chi connectivity index (χ0v) is 11.3. The van der Waals surface area contributed by atoms with Gasteiger partial charge in [-0.1, -0.05) is 15.9 Å². The molecule has 0 unspecified atom stereocenters. The Morgan fingerprint density at radius 1 is 1.22 bits per heavy atom. The number of hydrogen-bond donors (Lipinski definition) is 2. The highest BCUT2D eigenvalue weighted by Crippen LogP contribution is 2.24. The molecule has 1 aromatic heterocycles. The minimum absolute atomic E-state index is 0.583. The van der Waals surface area contributed by atoms with Crippen LogP contribution in [0.25, 0.3) is 0 Å². The quantitative estimate of drug-likeness (QED) is 0.911. The molecule has 5 heteroatoms. The van der Waals surface area contributed by atoms with Gasteiger partial charge in [-0.25, -0.2) is 0 Å². The Balaban J connectivity index is 2.31. The van der Waals surface area contributed by atoms with Crippen molar-refractivity contribution in [2.45, 2.75) is 0 Å². The highest BCUT2D eigenvalue weighted by Gasteiger charge is 2.03. The van der Waals surface area contributed by atoms with E-state index in [1.807, 2.05) is 25.2 Å². The summed E-state index contributed by atoms with van der Waals surface area (Å²) in [5.74, 6) is 0. The summed E-state index contributed by atoms with van der Waals surface area (Å²) in [5.41, 5.74) is 3.09. The summed E-state index contributed by atoms with van der Waals surface area (Å²) in [6.07, 6.45) is 3.45. The van der Waals surface area contributed by atoms with E-state index in [-0.39, 0.29) is 0 Å². The number of rotatable bonds is 3. The first-order chi connectivity index (χ1) is 8.72. The second-order valence-electron chi connectivity index (χ2n) is 3.64. The third-order valence-corrected chi connectivity index (χ3v) is 2.90. The molecule has 4 nitrogen and oxygen atoms in total. The molecule has 2 N–H and O–H groups in total. The van der Waals surface area contributed by atoms with Gasteiger partial charge in [0, 0.05) is 11.5 Å². The van der Waals surface area contributed by atoms with Gasteiger partial charge in [0.25, 0.3) is 0 Å². The van der Waals surface area contributed by atoms with Gasteiger partial charge in [-0.3, -0.25) is 4.98 Å². The van der Waals surface area contributed by atoms with E-state index in [1.165, 1.54) is 0 Å². The third-order valence-electron chi connectivity index (χ3n) is 2.41. The van der Waals surface area contributed by atoms with Crippen LogP contribution in [0.1, 0.15) is 5.56 Å². The number of nitrogens with zero attached hydrogens (tertiary/aromatic N) is 2. The van der Waals surface area contributed by atoms with Crippen molar-refractivity contribution in [3.05, 3.63) is 46.7 Å². The Kier molecular flexibility index (Phi) is 3.80. The molecule has 0 atom stereocenters. The first kappa shape index (κ1) is 12.4. The van der Waals surface area contributed by atoms with Gasteiger partial charge in [-0.15, -0.1) is 0 Å². The molecule has 90 valence electrons. The molecule has 0 radical (unpaired) electrons. The maximum absolute atomic E-state index is 9.08. The van der Waals surface area contributed by atoms with Crippen LogP contribution in [0.2, 0.25) is 0 Å². The van der Waals surface area contributed by atoms with E-state index < -0.39 is 0 Å². The molecule has 2 aromatic rings. The highest BCUT2D eigenvalue weighted by atomic mass is 79.9. The number of benzene rings is 1. The molecule has 0 saturated heterocycles. The minimum atomic E-state index is 0.583. The lowest BCUT2D eigenvalue weighted by atomic mass is 10.2. The van der Waals surface area contributed by atoms with Crippen LogP contribution >= 0.6 is 15.9 Å². The van der Waals surface area contributed by atoms with E-state index in [2.05, 4.69) is 37.6 Å². The van der Waals surface area contributed by atoms with Gasteiger partial charge in [0.2, 0.25) is 0 Å². The van der Waals surface area contributed by atoms with Crippen molar-refractivity contribution in [1.82, 2.24) is 4.98 Å². The lowest BCUT2D eigenvalue weighted by Crippen LogP contribution is -1.96.